The van der Waals surface area contributed by atoms with Crippen LogP contribution in [0.1, 0.15) is 16.8 Å². The van der Waals surface area contributed by atoms with Gasteiger partial charge >= 0.3 is 5.97 Å². The molecule has 0 aliphatic carbocycles. The van der Waals surface area contributed by atoms with Gasteiger partial charge in [0.15, 0.2) is 5.03 Å². The number of amides is 1. The first kappa shape index (κ1) is 16.1. The molecule has 0 fully saturated rings. The van der Waals surface area contributed by atoms with Crippen LogP contribution in [0.3, 0.4) is 0 Å². The number of carboxylic acid groups (broad SMARTS) is 1. The summed E-state index contributed by atoms with van der Waals surface area (Å²) >= 11 is 0. The van der Waals surface area contributed by atoms with Crippen molar-refractivity contribution in [2.75, 3.05) is 20.6 Å². The van der Waals surface area contributed by atoms with Gasteiger partial charge in [-0.2, -0.15) is 4.31 Å². The van der Waals surface area contributed by atoms with E-state index in [1.807, 2.05) is 0 Å². The lowest BCUT2D eigenvalue weighted by molar-refractivity contribution is -0.120. The standard InChI is InChI=1S/C11H15N3O5S/c1-12-9(15)5-6-14(2)20(18,19)10-4-3-8(7-13-10)11(16)17/h3-4,7H,5-6H2,1-2H3,(H,12,15)(H,16,17). The smallest absolute Gasteiger partial charge is 0.337 e. The summed E-state index contributed by atoms with van der Waals surface area (Å²) in [6, 6.07) is 2.28. The zero-order valence-electron chi connectivity index (χ0n) is 11.0. The molecule has 1 amide bonds. The van der Waals surface area contributed by atoms with Crippen molar-refractivity contribution >= 4 is 21.9 Å². The van der Waals surface area contributed by atoms with Crippen LogP contribution in [0.5, 0.6) is 0 Å². The number of aromatic carboxylic acids is 1. The molecule has 20 heavy (non-hydrogen) atoms. The number of hydrogen-bond donors (Lipinski definition) is 2. The molecule has 0 aliphatic heterocycles. The van der Waals surface area contributed by atoms with Crippen molar-refractivity contribution in [1.82, 2.24) is 14.6 Å². The van der Waals surface area contributed by atoms with E-state index in [-0.39, 0.29) is 29.5 Å². The molecule has 110 valence electrons. The molecule has 0 unspecified atom stereocenters. The van der Waals surface area contributed by atoms with Crippen LogP contribution < -0.4 is 5.32 Å². The number of nitrogens with zero attached hydrogens (tertiary/aromatic N) is 2. The SMILES string of the molecule is CNC(=O)CCN(C)S(=O)(=O)c1ccc(C(=O)O)cn1. The molecular weight excluding hydrogens is 286 g/mol. The van der Waals surface area contributed by atoms with Crippen molar-refractivity contribution in [1.29, 1.82) is 0 Å². The van der Waals surface area contributed by atoms with Crippen molar-refractivity contribution in [3.63, 3.8) is 0 Å². The quantitative estimate of drug-likeness (QED) is 0.734. The van der Waals surface area contributed by atoms with Crippen LogP contribution in [0.2, 0.25) is 0 Å². The number of nitrogens with one attached hydrogen (secondary N) is 1. The van der Waals surface area contributed by atoms with Gasteiger partial charge in [0, 0.05) is 33.3 Å². The minimum absolute atomic E-state index is 0.00433. The van der Waals surface area contributed by atoms with E-state index in [1.165, 1.54) is 14.1 Å². The molecule has 8 nitrogen and oxygen atoms in total. The minimum Gasteiger partial charge on any atom is -0.478 e. The summed E-state index contributed by atoms with van der Waals surface area (Å²) in [6.45, 7) is 0.00433. The van der Waals surface area contributed by atoms with Crippen LogP contribution in [0.4, 0.5) is 0 Å². The van der Waals surface area contributed by atoms with E-state index in [9.17, 15) is 18.0 Å². The molecule has 9 heteroatoms. The Kier molecular flexibility index (Phi) is 5.17. The summed E-state index contributed by atoms with van der Waals surface area (Å²) in [7, 11) is -1.05. The molecule has 0 saturated heterocycles. The lowest BCUT2D eigenvalue weighted by Gasteiger charge is -2.15. The zero-order valence-corrected chi connectivity index (χ0v) is 11.8. The average Bonchev–Trinajstić information content (AvgIpc) is 2.44. The van der Waals surface area contributed by atoms with Gasteiger partial charge in [0.05, 0.1) is 5.56 Å². The number of carboxylic acids is 1. The molecule has 0 aromatic carbocycles. The lowest BCUT2D eigenvalue weighted by Crippen LogP contribution is -2.32. The van der Waals surface area contributed by atoms with Crippen molar-refractivity contribution < 1.29 is 23.1 Å². The van der Waals surface area contributed by atoms with Crippen LogP contribution in [-0.4, -0.2) is 55.3 Å². The third kappa shape index (κ3) is 3.75. The highest BCUT2D eigenvalue weighted by molar-refractivity contribution is 7.89. The van der Waals surface area contributed by atoms with Crippen molar-refractivity contribution in [2.24, 2.45) is 0 Å². The first-order valence-electron chi connectivity index (χ1n) is 5.65. The molecular formula is C11H15N3O5S. The fraction of sp³-hybridized carbons (Fsp3) is 0.364. The van der Waals surface area contributed by atoms with Crippen molar-refractivity contribution in [3.05, 3.63) is 23.9 Å². The van der Waals surface area contributed by atoms with Crippen LogP contribution in [0.25, 0.3) is 0 Å². The number of pyridine rings is 1. The maximum absolute atomic E-state index is 12.1. The normalized spacial score (nSPS) is 11.3. The Morgan fingerprint density at radius 3 is 2.50 bits per heavy atom. The Hall–Kier alpha value is -2.00. The fourth-order valence-electron chi connectivity index (χ4n) is 1.32. The topological polar surface area (TPSA) is 117 Å². The number of aromatic nitrogens is 1. The Morgan fingerprint density at radius 2 is 2.05 bits per heavy atom. The fourth-order valence-corrected chi connectivity index (χ4v) is 2.40. The molecule has 0 atom stereocenters. The summed E-state index contributed by atoms with van der Waals surface area (Å²) in [5.74, 6) is -1.46. The predicted molar refractivity (Wildman–Crippen MR) is 69.7 cm³/mol. The van der Waals surface area contributed by atoms with Gasteiger partial charge in [-0.05, 0) is 12.1 Å². The van der Waals surface area contributed by atoms with Gasteiger partial charge in [0.2, 0.25) is 5.91 Å². The van der Waals surface area contributed by atoms with Crippen LogP contribution in [0, 0.1) is 0 Å². The zero-order chi connectivity index (χ0) is 15.3. The van der Waals surface area contributed by atoms with E-state index in [2.05, 4.69) is 10.3 Å². The Morgan fingerprint density at radius 1 is 1.40 bits per heavy atom. The van der Waals surface area contributed by atoms with E-state index in [0.717, 1.165) is 22.6 Å². The molecule has 0 radical (unpaired) electrons. The number of rotatable bonds is 6. The van der Waals surface area contributed by atoms with Gasteiger partial charge in [0.1, 0.15) is 0 Å². The molecule has 1 aromatic heterocycles. The molecule has 1 heterocycles. The summed E-state index contributed by atoms with van der Waals surface area (Å²) in [5, 5.41) is 10.8. The van der Waals surface area contributed by atoms with Crippen LogP contribution in [0.15, 0.2) is 23.4 Å². The van der Waals surface area contributed by atoms with E-state index < -0.39 is 16.0 Å². The van der Waals surface area contributed by atoms with Crippen molar-refractivity contribution in [2.45, 2.75) is 11.4 Å². The monoisotopic (exact) mass is 301 g/mol. The maximum atomic E-state index is 12.1. The highest BCUT2D eigenvalue weighted by Gasteiger charge is 2.22. The number of sulfonamides is 1. The molecule has 1 rings (SSSR count). The number of hydrogen-bond acceptors (Lipinski definition) is 5. The average molecular weight is 301 g/mol. The summed E-state index contributed by atoms with van der Waals surface area (Å²) < 4.78 is 25.2. The second-order valence-electron chi connectivity index (χ2n) is 3.94. The summed E-state index contributed by atoms with van der Waals surface area (Å²) in [5.41, 5.74) is -0.100. The first-order chi connectivity index (χ1) is 9.28. The van der Waals surface area contributed by atoms with Gasteiger partial charge in [-0.15, -0.1) is 0 Å². The van der Waals surface area contributed by atoms with E-state index >= 15 is 0 Å². The van der Waals surface area contributed by atoms with E-state index in [0.29, 0.717) is 0 Å². The molecule has 0 bridgehead atoms. The largest absolute Gasteiger partial charge is 0.478 e. The summed E-state index contributed by atoms with van der Waals surface area (Å²) in [6.07, 6.45) is 1.00. The summed E-state index contributed by atoms with van der Waals surface area (Å²) in [4.78, 5) is 25.4. The highest BCUT2D eigenvalue weighted by atomic mass is 32.2. The third-order valence-electron chi connectivity index (χ3n) is 2.59. The minimum atomic E-state index is -3.84. The Bertz CT molecular complexity index is 597. The van der Waals surface area contributed by atoms with Crippen LogP contribution >= 0.6 is 0 Å². The second-order valence-corrected chi connectivity index (χ2v) is 5.93. The van der Waals surface area contributed by atoms with Gasteiger partial charge in [-0.25, -0.2) is 18.2 Å². The van der Waals surface area contributed by atoms with E-state index in [1.54, 1.807) is 0 Å². The molecule has 0 spiro atoms. The predicted octanol–water partition coefficient (Wildman–Crippen LogP) is -0.464. The third-order valence-corrected chi connectivity index (χ3v) is 4.36. The van der Waals surface area contributed by atoms with E-state index in [4.69, 9.17) is 5.11 Å². The van der Waals surface area contributed by atoms with Crippen LogP contribution in [-0.2, 0) is 14.8 Å². The number of carbonyl (C=O) groups excluding carboxylic acids is 1. The lowest BCUT2D eigenvalue weighted by atomic mass is 10.3. The second kappa shape index (κ2) is 6.44. The Balaban J connectivity index is 2.87. The first-order valence-corrected chi connectivity index (χ1v) is 7.09. The van der Waals surface area contributed by atoms with Gasteiger partial charge < -0.3 is 10.4 Å². The van der Waals surface area contributed by atoms with Gasteiger partial charge in [-0.3, -0.25) is 4.79 Å². The van der Waals surface area contributed by atoms with Gasteiger partial charge in [0.25, 0.3) is 10.0 Å². The molecule has 2 N–H and O–H groups in total. The maximum Gasteiger partial charge on any atom is 0.337 e. The Labute approximate surface area is 116 Å². The molecule has 1 aromatic rings. The van der Waals surface area contributed by atoms with Gasteiger partial charge in [-0.1, -0.05) is 0 Å². The molecule has 0 saturated carbocycles. The molecule has 0 aliphatic rings. The number of carbonyl (C=O) groups is 2. The van der Waals surface area contributed by atoms with Crippen molar-refractivity contribution in [3.8, 4) is 0 Å². The highest BCUT2D eigenvalue weighted by Crippen LogP contribution is 2.12.